The van der Waals surface area contributed by atoms with Crippen molar-refractivity contribution in [3.63, 3.8) is 0 Å². The van der Waals surface area contributed by atoms with Crippen LogP contribution in [-0.4, -0.2) is 67.1 Å². The van der Waals surface area contributed by atoms with Crippen LogP contribution >= 0.6 is 0 Å². The number of nitrogens with zero attached hydrogens (tertiary/aromatic N) is 2. The lowest BCUT2D eigenvalue weighted by Gasteiger charge is -2.40. The molecule has 3 N–H and O–H groups in total. The van der Waals surface area contributed by atoms with E-state index in [-0.39, 0.29) is 5.91 Å². The van der Waals surface area contributed by atoms with Gasteiger partial charge < -0.3 is 16.0 Å². The molecule has 0 aromatic carbocycles. The molecule has 1 amide bonds. The first kappa shape index (κ1) is 16.7. The van der Waals surface area contributed by atoms with E-state index in [0.717, 1.165) is 39.0 Å². The lowest BCUT2D eigenvalue weighted by molar-refractivity contribution is -0.126. The standard InChI is InChI=1S/C16H32N4O/c1-12(2)14(20-9-7-19(4)8-10-20)11-18-15(21)16(3,17)13-5-6-13/h12-14H,5-11,17H2,1-4H3,(H,18,21). The predicted octanol–water partition coefficient (Wildman–Crippen LogP) is 0.502. The summed E-state index contributed by atoms with van der Waals surface area (Å²) >= 11 is 0. The first-order chi connectivity index (χ1) is 9.82. The van der Waals surface area contributed by atoms with Crippen molar-refractivity contribution in [1.82, 2.24) is 15.1 Å². The average Bonchev–Trinajstić information content (AvgIpc) is 3.25. The van der Waals surface area contributed by atoms with Gasteiger partial charge in [0.15, 0.2) is 0 Å². The number of nitrogens with one attached hydrogen (secondary N) is 1. The average molecular weight is 296 g/mol. The van der Waals surface area contributed by atoms with Crippen molar-refractivity contribution in [3.8, 4) is 0 Å². The number of piperazine rings is 1. The van der Waals surface area contributed by atoms with E-state index < -0.39 is 5.54 Å². The molecule has 21 heavy (non-hydrogen) atoms. The summed E-state index contributed by atoms with van der Waals surface area (Å²) in [5.74, 6) is 0.919. The number of rotatable bonds is 6. The van der Waals surface area contributed by atoms with Gasteiger partial charge in [0, 0.05) is 38.8 Å². The molecule has 2 rings (SSSR count). The Morgan fingerprint density at radius 3 is 2.33 bits per heavy atom. The van der Waals surface area contributed by atoms with Crippen molar-refractivity contribution >= 4 is 5.91 Å². The maximum absolute atomic E-state index is 12.3. The van der Waals surface area contributed by atoms with E-state index in [1.165, 1.54) is 0 Å². The molecular formula is C16H32N4O. The van der Waals surface area contributed by atoms with Crippen LogP contribution in [-0.2, 0) is 4.79 Å². The summed E-state index contributed by atoms with van der Waals surface area (Å²) in [5.41, 5.74) is 5.50. The molecule has 0 radical (unpaired) electrons. The summed E-state index contributed by atoms with van der Waals surface area (Å²) in [4.78, 5) is 17.2. The lowest BCUT2D eigenvalue weighted by Crippen LogP contribution is -2.58. The summed E-state index contributed by atoms with van der Waals surface area (Å²) in [5, 5.41) is 3.12. The third-order valence-electron chi connectivity index (χ3n) is 5.16. The zero-order chi connectivity index (χ0) is 15.6. The summed E-state index contributed by atoms with van der Waals surface area (Å²) in [7, 11) is 2.17. The van der Waals surface area contributed by atoms with Crippen LogP contribution in [0, 0.1) is 11.8 Å². The van der Waals surface area contributed by atoms with Gasteiger partial charge in [-0.3, -0.25) is 9.69 Å². The smallest absolute Gasteiger partial charge is 0.240 e. The Bertz CT molecular complexity index is 357. The molecular weight excluding hydrogens is 264 g/mol. The molecule has 0 aromatic rings. The summed E-state index contributed by atoms with van der Waals surface area (Å²) < 4.78 is 0. The fraction of sp³-hybridized carbons (Fsp3) is 0.938. The Hall–Kier alpha value is -0.650. The molecule has 1 saturated carbocycles. The second-order valence-electron chi connectivity index (χ2n) is 7.42. The second kappa shape index (κ2) is 6.63. The van der Waals surface area contributed by atoms with Gasteiger partial charge in [-0.25, -0.2) is 0 Å². The zero-order valence-electron chi connectivity index (χ0n) is 14.1. The van der Waals surface area contributed by atoms with E-state index in [4.69, 9.17) is 5.73 Å². The zero-order valence-corrected chi connectivity index (χ0v) is 14.1. The molecule has 0 spiro atoms. The fourth-order valence-corrected chi connectivity index (χ4v) is 3.20. The van der Waals surface area contributed by atoms with Gasteiger partial charge in [-0.05, 0) is 38.6 Å². The van der Waals surface area contributed by atoms with Crippen molar-refractivity contribution < 1.29 is 4.79 Å². The number of amides is 1. The Morgan fingerprint density at radius 2 is 1.86 bits per heavy atom. The van der Waals surface area contributed by atoms with E-state index in [0.29, 0.717) is 24.4 Å². The van der Waals surface area contributed by atoms with Crippen molar-refractivity contribution in [1.29, 1.82) is 0 Å². The normalized spacial score (nSPS) is 25.6. The molecule has 5 heteroatoms. The van der Waals surface area contributed by atoms with Gasteiger partial charge in [0.2, 0.25) is 5.91 Å². The van der Waals surface area contributed by atoms with Gasteiger partial charge in [-0.15, -0.1) is 0 Å². The molecule has 2 unspecified atom stereocenters. The van der Waals surface area contributed by atoms with Gasteiger partial charge in [0.05, 0.1) is 5.54 Å². The first-order valence-electron chi connectivity index (χ1n) is 8.32. The number of carbonyl (C=O) groups is 1. The van der Waals surface area contributed by atoms with Crippen LogP contribution in [0.1, 0.15) is 33.6 Å². The fourth-order valence-electron chi connectivity index (χ4n) is 3.20. The highest BCUT2D eigenvalue weighted by atomic mass is 16.2. The third-order valence-corrected chi connectivity index (χ3v) is 5.16. The summed E-state index contributed by atoms with van der Waals surface area (Å²) in [6.07, 6.45) is 2.18. The molecule has 122 valence electrons. The minimum atomic E-state index is -0.691. The van der Waals surface area contributed by atoms with Crippen molar-refractivity contribution in [2.45, 2.75) is 45.2 Å². The van der Waals surface area contributed by atoms with Crippen LogP contribution < -0.4 is 11.1 Å². The Labute approximate surface area is 129 Å². The first-order valence-corrected chi connectivity index (χ1v) is 8.32. The second-order valence-corrected chi connectivity index (χ2v) is 7.42. The quantitative estimate of drug-likeness (QED) is 0.749. The minimum Gasteiger partial charge on any atom is -0.353 e. The van der Waals surface area contributed by atoms with E-state index in [1.807, 2.05) is 6.92 Å². The number of carbonyl (C=O) groups excluding carboxylic acids is 1. The van der Waals surface area contributed by atoms with Gasteiger partial charge in [-0.1, -0.05) is 13.8 Å². The molecule has 1 saturated heterocycles. The predicted molar refractivity (Wildman–Crippen MR) is 86.0 cm³/mol. The Balaban J connectivity index is 1.86. The van der Waals surface area contributed by atoms with Crippen LogP contribution in [0.15, 0.2) is 0 Å². The molecule has 1 aliphatic carbocycles. The highest BCUT2D eigenvalue weighted by Crippen LogP contribution is 2.38. The van der Waals surface area contributed by atoms with Gasteiger partial charge in [0.25, 0.3) is 0 Å². The van der Waals surface area contributed by atoms with Crippen molar-refractivity contribution in [2.75, 3.05) is 39.8 Å². The molecule has 1 heterocycles. The number of hydrogen-bond acceptors (Lipinski definition) is 4. The highest BCUT2D eigenvalue weighted by Gasteiger charge is 2.44. The molecule has 5 nitrogen and oxygen atoms in total. The van der Waals surface area contributed by atoms with Crippen LogP contribution in [0.25, 0.3) is 0 Å². The monoisotopic (exact) mass is 296 g/mol. The minimum absolute atomic E-state index is 0.0183. The van der Waals surface area contributed by atoms with E-state index in [9.17, 15) is 4.79 Å². The van der Waals surface area contributed by atoms with Crippen LogP contribution in [0.5, 0.6) is 0 Å². The highest BCUT2D eigenvalue weighted by molar-refractivity contribution is 5.86. The largest absolute Gasteiger partial charge is 0.353 e. The van der Waals surface area contributed by atoms with Crippen molar-refractivity contribution in [3.05, 3.63) is 0 Å². The van der Waals surface area contributed by atoms with E-state index >= 15 is 0 Å². The maximum Gasteiger partial charge on any atom is 0.240 e. The molecule has 2 atom stereocenters. The summed E-state index contributed by atoms with van der Waals surface area (Å²) in [6.45, 7) is 11.4. The SMILES string of the molecule is CC(C)C(CNC(=O)C(C)(N)C1CC1)N1CCN(C)CC1. The molecule has 0 aromatic heterocycles. The summed E-state index contributed by atoms with van der Waals surface area (Å²) in [6, 6.07) is 0.401. The van der Waals surface area contributed by atoms with Gasteiger partial charge in [-0.2, -0.15) is 0 Å². The van der Waals surface area contributed by atoms with Crippen LogP contribution in [0.4, 0.5) is 0 Å². The van der Waals surface area contributed by atoms with Gasteiger partial charge in [0.1, 0.15) is 0 Å². The topological polar surface area (TPSA) is 61.6 Å². The van der Waals surface area contributed by atoms with Crippen LogP contribution in [0.3, 0.4) is 0 Å². The van der Waals surface area contributed by atoms with E-state index in [2.05, 4.69) is 36.0 Å². The lowest BCUT2D eigenvalue weighted by atomic mass is 9.95. The molecule has 0 bridgehead atoms. The third kappa shape index (κ3) is 4.18. The van der Waals surface area contributed by atoms with Crippen LogP contribution in [0.2, 0.25) is 0 Å². The van der Waals surface area contributed by atoms with E-state index in [1.54, 1.807) is 0 Å². The molecule has 1 aliphatic heterocycles. The van der Waals surface area contributed by atoms with Gasteiger partial charge >= 0.3 is 0 Å². The number of likely N-dealkylation sites (N-methyl/N-ethyl adjacent to an activating group) is 1. The maximum atomic E-state index is 12.3. The number of hydrogen-bond donors (Lipinski definition) is 2. The molecule has 2 fully saturated rings. The Morgan fingerprint density at radius 1 is 1.29 bits per heavy atom. The number of nitrogens with two attached hydrogens (primary N) is 1. The van der Waals surface area contributed by atoms with Crippen molar-refractivity contribution in [2.24, 2.45) is 17.6 Å². The molecule has 2 aliphatic rings. The Kier molecular flexibility index (Phi) is 5.28.